The van der Waals surface area contributed by atoms with E-state index in [1.807, 2.05) is 55.5 Å². The molecule has 1 aromatic heterocycles. The Bertz CT molecular complexity index is 904. The number of nitrogens with zero attached hydrogens (tertiary/aromatic N) is 3. The number of nitrogen functional groups attached to an aromatic ring is 1. The van der Waals surface area contributed by atoms with E-state index in [4.69, 9.17) is 22.7 Å². The average molecular weight is 327 g/mol. The number of para-hydroxylation sites is 1. The summed E-state index contributed by atoms with van der Waals surface area (Å²) < 4.78 is 1.44. The van der Waals surface area contributed by atoms with Crippen LogP contribution in [0.2, 0.25) is 5.02 Å². The standard InChI is InChI=1S/C16H15ClN6/c1-10-12(17)8-5-9-13(10)20-16-21-14(18)15(19)23(22-16)11-6-3-2-4-7-11/h2-9,19H,1H3,(H3,18,20,21,22). The van der Waals surface area contributed by atoms with Crippen molar-refractivity contribution in [2.24, 2.45) is 0 Å². The summed E-state index contributed by atoms with van der Waals surface area (Å²) >= 11 is 6.12. The first kappa shape index (κ1) is 15.1. The van der Waals surface area contributed by atoms with Crippen LogP contribution in [0, 0.1) is 12.3 Å². The number of rotatable bonds is 3. The average Bonchev–Trinajstić information content (AvgIpc) is 2.56. The highest BCUT2D eigenvalue weighted by Crippen LogP contribution is 2.24. The van der Waals surface area contributed by atoms with Crippen molar-refractivity contribution in [1.82, 2.24) is 14.8 Å². The van der Waals surface area contributed by atoms with E-state index in [1.165, 1.54) is 4.68 Å². The van der Waals surface area contributed by atoms with Gasteiger partial charge in [-0.3, -0.25) is 5.41 Å². The Labute approximate surface area is 138 Å². The van der Waals surface area contributed by atoms with Gasteiger partial charge in [0.05, 0.1) is 5.69 Å². The van der Waals surface area contributed by atoms with E-state index in [0.717, 1.165) is 16.9 Å². The zero-order chi connectivity index (χ0) is 16.4. The number of hydrogen-bond acceptors (Lipinski definition) is 5. The quantitative estimate of drug-likeness (QED) is 0.689. The predicted octanol–water partition coefficient (Wildman–Crippen LogP) is 3.03. The van der Waals surface area contributed by atoms with Crippen LogP contribution in [0.15, 0.2) is 48.5 Å². The van der Waals surface area contributed by atoms with Gasteiger partial charge in [0.15, 0.2) is 11.3 Å². The van der Waals surface area contributed by atoms with Crippen LogP contribution < -0.4 is 16.5 Å². The number of benzene rings is 2. The van der Waals surface area contributed by atoms with Crippen molar-refractivity contribution in [3.05, 3.63) is 64.6 Å². The van der Waals surface area contributed by atoms with Gasteiger partial charge in [0.25, 0.3) is 0 Å². The summed E-state index contributed by atoms with van der Waals surface area (Å²) in [5.74, 6) is 0.388. The highest BCUT2D eigenvalue weighted by molar-refractivity contribution is 6.31. The van der Waals surface area contributed by atoms with Crippen LogP contribution in [-0.4, -0.2) is 14.8 Å². The van der Waals surface area contributed by atoms with E-state index in [1.54, 1.807) is 0 Å². The molecule has 7 heteroatoms. The molecule has 23 heavy (non-hydrogen) atoms. The van der Waals surface area contributed by atoms with Gasteiger partial charge in [-0.2, -0.15) is 4.98 Å². The van der Waals surface area contributed by atoms with Crippen molar-refractivity contribution in [1.29, 1.82) is 5.41 Å². The summed E-state index contributed by atoms with van der Waals surface area (Å²) in [7, 11) is 0. The molecule has 4 N–H and O–H groups in total. The first-order valence-electron chi connectivity index (χ1n) is 6.95. The van der Waals surface area contributed by atoms with E-state index in [9.17, 15) is 0 Å². The van der Waals surface area contributed by atoms with Crippen molar-refractivity contribution in [2.75, 3.05) is 11.1 Å². The molecule has 0 saturated heterocycles. The highest BCUT2D eigenvalue weighted by Gasteiger charge is 2.09. The van der Waals surface area contributed by atoms with Gasteiger partial charge in [-0.15, -0.1) is 5.10 Å². The van der Waals surface area contributed by atoms with Crippen molar-refractivity contribution in [3.8, 4) is 5.69 Å². The predicted molar refractivity (Wildman–Crippen MR) is 91.1 cm³/mol. The molecular weight excluding hydrogens is 312 g/mol. The smallest absolute Gasteiger partial charge is 0.247 e. The summed E-state index contributed by atoms with van der Waals surface area (Å²) in [5.41, 5.74) is 8.29. The Hall–Kier alpha value is -2.86. The van der Waals surface area contributed by atoms with Crippen molar-refractivity contribution >= 4 is 29.1 Å². The second-order valence-corrected chi connectivity index (χ2v) is 5.36. The van der Waals surface area contributed by atoms with Crippen LogP contribution in [-0.2, 0) is 0 Å². The summed E-state index contributed by atoms with van der Waals surface area (Å²) in [6.45, 7) is 1.90. The normalized spacial score (nSPS) is 10.5. The number of nitrogens with two attached hydrogens (primary N) is 1. The van der Waals surface area contributed by atoms with Gasteiger partial charge in [0.2, 0.25) is 5.95 Å². The molecule has 0 radical (unpaired) electrons. The zero-order valence-electron chi connectivity index (χ0n) is 12.4. The Kier molecular flexibility index (Phi) is 3.99. The molecule has 6 nitrogen and oxygen atoms in total. The van der Waals surface area contributed by atoms with Crippen LogP contribution in [0.25, 0.3) is 5.69 Å². The molecule has 0 fully saturated rings. The summed E-state index contributed by atoms with van der Waals surface area (Å²) in [5, 5.41) is 16.2. The third-order valence-corrected chi connectivity index (χ3v) is 3.80. The van der Waals surface area contributed by atoms with E-state index < -0.39 is 0 Å². The first-order chi connectivity index (χ1) is 11.1. The maximum Gasteiger partial charge on any atom is 0.247 e. The Morgan fingerprint density at radius 3 is 2.61 bits per heavy atom. The van der Waals surface area contributed by atoms with E-state index in [0.29, 0.717) is 11.0 Å². The molecule has 0 atom stereocenters. The van der Waals surface area contributed by atoms with Gasteiger partial charge >= 0.3 is 0 Å². The van der Waals surface area contributed by atoms with Crippen LogP contribution in [0.5, 0.6) is 0 Å². The van der Waals surface area contributed by atoms with Crippen LogP contribution in [0.4, 0.5) is 17.5 Å². The topological polar surface area (TPSA) is 92.6 Å². The lowest BCUT2D eigenvalue weighted by atomic mass is 10.2. The minimum atomic E-state index is 0.0320. The van der Waals surface area contributed by atoms with Gasteiger partial charge in [-0.1, -0.05) is 35.9 Å². The molecule has 3 aromatic rings. The number of anilines is 3. The summed E-state index contributed by atoms with van der Waals surface area (Å²) in [6.07, 6.45) is 0. The third kappa shape index (κ3) is 3.02. The molecule has 3 rings (SSSR count). The lowest BCUT2D eigenvalue weighted by Gasteiger charge is -2.12. The fourth-order valence-electron chi connectivity index (χ4n) is 2.11. The minimum absolute atomic E-state index is 0.0320. The van der Waals surface area contributed by atoms with Crippen LogP contribution >= 0.6 is 11.6 Å². The monoisotopic (exact) mass is 326 g/mol. The van der Waals surface area contributed by atoms with E-state index >= 15 is 0 Å². The molecule has 0 aliphatic rings. The van der Waals surface area contributed by atoms with Crippen LogP contribution in [0.3, 0.4) is 0 Å². The molecular formula is C16H15ClN6. The van der Waals surface area contributed by atoms with Crippen LogP contribution in [0.1, 0.15) is 5.56 Å². The third-order valence-electron chi connectivity index (χ3n) is 3.39. The van der Waals surface area contributed by atoms with Crippen molar-refractivity contribution < 1.29 is 0 Å². The van der Waals surface area contributed by atoms with E-state index in [-0.39, 0.29) is 11.3 Å². The fourth-order valence-corrected chi connectivity index (χ4v) is 2.29. The number of halogens is 1. The molecule has 0 amide bonds. The second-order valence-electron chi connectivity index (χ2n) is 4.95. The molecule has 0 unspecified atom stereocenters. The molecule has 1 heterocycles. The molecule has 0 bridgehead atoms. The second kappa shape index (κ2) is 6.10. The molecule has 116 valence electrons. The number of hydrogen-bond donors (Lipinski definition) is 3. The van der Waals surface area contributed by atoms with E-state index in [2.05, 4.69) is 15.4 Å². The van der Waals surface area contributed by atoms with Crippen molar-refractivity contribution in [3.63, 3.8) is 0 Å². The number of aromatic nitrogens is 3. The molecule has 0 aliphatic carbocycles. The maximum absolute atomic E-state index is 8.05. The van der Waals surface area contributed by atoms with Gasteiger partial charge in [-0.05, 0) is 36.8 Å². The van der Waals surface area contributed by atoms with Gasteiger partial charge < -0.3 is 11.1 Å². The lowest BCUT2D eigenvalue weighted by Crippen LogP contribution is -2.26. The zero-order valence-corrected chi connectivity index (χ0v) is 13.2. The minimum Gasteiger partial charge on any atom is -0.380 e. The van der Waals surface area contributed by atoms with Gasteiger partial charge in [-0.25, -0.2) is 4.68 Å². The fraction of sp³-hybridized carbons (Fsp3) is 0.0625. The summed E-state index contributed by atoms with van der Waals surface area (Å²) in [6, 6.07) is 14.9. The van der Waals surface area contributed by atoms with Crippen molar-refractivity contribution in [2.45, 2.75) is 6.92 Å². The Morgan fingerprint density at radius 2 is 1.87 bits per heavy atom. The molecule has 0 saturated carbocycles. The lowest BCUT2D eigenvalue weighted by molar-refractivity contribution is 0.761. The maximum atomic E-state index is 8.05. The Morgan fingerprint density at radius 1 is 1.13 bits per heavy atom. The molecule has 0 spiro atoms. The van der Waals surface area contributed by atoms with Gasteiger partial charge in [0, 0.05) is 10.7 Å². The SMILES string of the molecule is Cc1c(Cl)cccc1Nc1nc(N)c(=N)n(-c2ccccc2)n1. The Balaban J connectivity index is 2.06. The van der Waals surface area contributed by atoms with Gasteiger partial charge in [0.1, 0.15) is 0 Å². The molecule has 0 aliphatic heterocycles. The summed E-state index contributed by atoms with van der Waals surface area (Å²) in [4.78, 5) is 4.13. The number of nitrogens with one attached hydrogen (secondary N) is 2. The molecule has 2 aromatic carbocycles. The largest absolute Gasteiger partial charge is 0.380 e. The highest BCUT2D eigenvalue weighted by atomic mass is 35.5. The first-order valence-corrected chi connectivity index (χ1v) is 7.33.